The van der Waals surface area contributed by atoms with Crippen molar-refractivity contribution in [1.29, 1.82) is 0 Å². The van der Waals surface area contributed by atoms with Crippen LogP contribution in [0.15, 0.2) is 29.4 Å². The molecule has 1 aromatic heterocycles. The predicted octanol–water partition coefficient (Wildman–Crippen LogP) is 0.112. The zero-order valence-electron chi connectivity index (χ0n) is 8.89. The number of aromatic nitrogens is 1. The fraction of sp³-hybridized carbons (Fsp3) is 0.500. The van der Waals surface area contributed by atoms with Crippen LogP contribution in [0.1, 0.15) is 12.8 Å². The van der Waals surface area contributed by atoms with E-state index in [-0.39, 0.29) is 5.03 Å². The summed E-state index contributed by atoms with van der Waals surface area (Å²) in [5.74, 6) is 0. The number of pyridine rings is 1. The molecule has 0 bridgehead atoms. The third-order valence-electron chi connectivity index (χ3n) is 2.34. The molecule has 0 aromatic carbocycles. The average Bonchev–Trinajstić information content (AvgIpc) is 3.10. The first-order valence-corrected chi connectivity index (χ1v) is 6.81. The van der Waals surface area contributed by atoms with Gasteiger partial charge in [-0.3, -0.25) is 0 Å². The average molecular weight is 241 g/mol. The minimum absolute atomic E-state index is 0.0708. The standard InChI is InChI=1S/C10H15N3O2S/c14-16(15,10-3-1-2-6-12-10)13-8-7-11-9-4-5-9/h1-3,6,9,11,13H,4-5,7-8H2. The molecule has 1 fully saturated rings. The van der Waals surface area contributed by atoms with E-state index in [1.165, 1.54) is 25.1 Å². The number of rotatable bonds is 6. The van der Waals surface area contributed by atoms with Gasteiger partial charge in [0.25, 0.3) is 10.0 Å². The van der Waals surface area contributed by atoms with E-state index >= 15 is 0 Å². The van der Waals surface area contributed by atoms with Crippen LogP contribution >= 0.6 is 0 Å². The van der Waals surface area contributed by atoms with Gasteiger partial charge < -0.3 is 5.32 Å². The molecule has 1 saturated carbocycles. The largest absolute Gasteiger partial charge is 0.313 e. The first-order valence-electron chi connectivity index (χ1n) is 5.32. The van der Waals surface area contributed by atoms with E-state index in [1.807, 2.05) is 0 Å². The monoisotopic (exact) mass is 241 g/mol. The van der Waals surface area contributed by atoms with Crippen molar-refractivity contribution < 1.29 is 8.42 Å². The van der Waals surface area contributed by atoms with Crippen LogP contribution < -0.4 is 10.0 Å². The molecule has 2 rings (SSSR count). The third-order valence-corrected chi connectivity index (χ3v) is 3.72. The van der Waals surface area contributed by atoms with E-state index in [0.29, 0.717) is 19.1 Å². The van der Waals surface area contributed by atoms with Crippen LogP contribution in [0.3, 0.4) is 0 Å². The second kappa shape index (κ2) is 4.90. The van der Waals surface area contributed by atoms with Gasteiger partial charge in [-0.2, -0.15) is 0 Å². The number of hydrogen-bond acceptors (Lipinski definition) is 4. The molecule has 0 spiro atoms. The zero-order valence-corrected chi connectivity index (χ0v) is 9.70. The van der Waals surface area contributed by atoms with Crippen molar-refractivity contribution in [3.05, 3.63) is 24.4 Å². The summed E-state index contributed by atoms with van der Waals surface area (Å²) < 4.78 is 25.9. The smallest absolute Gasteiger partial charge is 0.258 e. The highest BCUT2D eigenvalue weighted by Gasteiger charge is 2.20. The minimum atomic E-state index is -3.44. The molecule has 0 amide bonds. The molecule has 88 valence electrons. The van der Waals surface area contributed by atoms with Crippen molar-refractivity contribution in [3.63, 3.8) is 0 Å². The Labute approximate surface area is 95.3 Å². The van der Waals surface area contributed by atoms with Crippen LogP contribution in [-0.2, 0) is 10.0 Å². The first kappa shape index (κ1) is 11.5. The molecule has 0 saturated heterocycles. The topological polar surface area (TPSA) is 71.1 Å². The maximum Gasteiger partial charge on any atom is 0.258 e. The Morgan fingerprint density at radius 3 is 2.75 bits per heavy atom. The van der Waals surface area contributed by atoms with Crippen molar-refractivity contribution in [2.75, 3.05) is 13.1 Å². The zero-order chi connectivity index (χ0) is 11.4. The maximum absolute atomic E-state index is 11.7. The Morgan fingerprint density at radius 1 is 1.31 bits per heavy atom. The Hall–Kier alpha value is -0.980. The summed E-state index contributed by atoms with van der Waals surface area (Å²) in [6.45, 7) is 1.06. The van der Waals surface area contributed by atoms with Crippen LogP contribution in [0.25, 0.3) is 0 Å². The van der Waals surface area contributed by atoms with E-state index in [9.17, 15) is 8.42 Å². The fourth-order valence-corrected chi connectivity index (χ4v) is 2.31. The maximum atomic E-state index is 11.7. The van der Waals surface area contributed by atoms with Crippen molar-refractivity contribution in [1.82, 2.24) is 15.0 Å². The van der Waals surface area contributed by atoms with Crippen LogP contribution in [-0.4, -0.2) is 32.5 Å². The number of nitrogens with zero attached hydrogens (tertiary/aromatic N) is 1. The van der Waals surface area contributed by atoms with E-state index in [0.717, 1.165) is 0 Å². The molecule has 0 atom stereocenters. The Balaban J connectivity index is 1.82. The summed E-state index contributed by atoms with van der Waals surface area (Å²) in [6, 6.07) is 5.42. The van der Waals surface area contributed by atoms with Gasteiger partial charge in [0.1, 0.15) is 0 Å². The van der Waals surface area contributed by atoms with Crippen LogP contribution in [0.2, 0.25) is 0 Å². The molecule has 1 aliphatic carbocycles. The Kier molecular flexibility index (Phi) is 3.52. The van der Waals surface area contributed by atoms with Gasteiger partial charge >= 0.3 is 0 Å². The molecule has 2 N–H and O–H groups in total. The number of nitrogens with one attached hydrogen (secondary N) is 2. The molecule has 6 heteroatoms. The van der Waals surface area contributed by atoms with E-state index in [4.69, 9.17) is 0 Å². The second-order valence-corrected chi connectivity index (χ2v) is 5.51. The molecule has 0 radical (unpaired) electrons. The lowest BCUT2D eigenvalue weighted by molar-refractivity contribution is 0.572. The van der Waals surface area contributed by atoms with Crippen LogP contribution in [0, 0.1) is 0 Å². The van der Waals surface area contributed by atoms with Crippen molar-refractivity contribution in [3.8, 4) is 0 Å². The molecule has 0 aliphatic heterocycles. The van der Waals surface area contributed by atoms with Crippen molar-refractivity contribution in [2.24, 2.45) is 0 Å². The van der Waals surface area contributed by atoms with Crippen molar-refractivity contribution >= 4 is 10.0 Å². The van der Waals surface area contributed by atoms with Gasteiger partial charge in [0, 0.05) is 25.3 Å². The first-order chi connectivity index (χ1) is 7.68. The van der Waals surface area contributed by atoms with Gasteiger partial charge in [0.05, 0.1) is 0 Å². The summed E-state index contributed by atoms with van der Waals surface area (Å²) in [5.41, 5.74) is 0. The molecule has 1 aliphatic rings. The molecule has 1 heterocycles. The quantitative estimate of drug-likeness (QED) is 0.694. The molecular formula is C10H15N3O2S. The van der Waals surface area contributed by atoms with Gasteiger partial charge in [-0.25, -0.2) is 18.1 Å². The normalized spacial score (nSPS) is 16.2. The summed E-state index contributed by atoms with van der Waals surface area (Å²) in [4.78, 5) is 3.81. The van der Waals surface area contributed by atoms with E-state index < -0.39 is 10.0 Å². The molecule has 5 nitrogen and oxygen atoms in total. The van der Waals surface area contributed by atoms with E-state index in [1.54, 1.807) is 12.1 Å². The van der Waals surface area contributed by atoms with Gasteiger partial charge in [-0.15, -0.1) is 0 Å². The Morgan fingerprint density at radius 2 is 2.12 bits per heavy atom. The summed E-state index contributed by atoms with van der Waals surface area (Å²) in [6.07, 6.45) is 3.87. The SMILES string of the molecule is O=S(=O)(NCCNC1CC1)c1ccccn1. The summed E-state index contributed by atoms with van der Waals surface area (Å²) in [5, 5.41) is 3.30. The highest BCUT2D eigenvalue weighted by Crippen LogP contribution is 2.17. The molecular weight excluding hydrogens is 226 g/mol. The summed E-state index contributed by atoms with van der Waals surface area (Å²) in [7, 11) is -3.44. The number of sulfonamides is 1. The fourth-order valence-electron chi connectivity index (χ4n) is 1.33. The highest BCUT2D eigenvalue weighted by molar-refractivity contribution is 7.89. The van der Waals surface area contributed by atoms with Crippen molar-refractivity contribution in [2.45, 2.75) is 23.9 Å². The lowest BCUT2D eigenvalue weighted by Gasteiger charge is -2.06. The van der Waals surface area contributed by atoms with Gasteiger partial charge in [0.2, 0.25) is 0 Å². The minimum Gasteiger partial charge on any atom is -0.313 e. The second-order valence-electron chi connectivity index (χ2n) is 3.79. The van der Waals surface area contributed by atoms with Gasteiger partial charge in [-0.1, -0.05) is 6.07 Å². The predicted molar refractivity (Wildman–Crippen MR) is 60.5 cm³/mol. The third kappa shape index (κ3) is 3.26. The van der Waals surface area contributed by atoms with E-state index in [2.05, 4.69) is 15.0 Å². The van der Waals surface area contributed by atoms with Gasteiger partial charge in [0.15, 0.2) is 5.03 Å². The van der Waals surface area contributed by atoms with Crippen LogP contribution in [0.5, 0.6) is 0 Å². The molecule has 1 aromatic rings. The Bertz CT molecular complexity index is 429. The highest BCUT2D eigenvalue weighted by atomic mass is 32.2. The lowest BCUT2D eigenvalue weighted by Crippen LogP contribution is -2.33. The summed E-state index contributed by atoms with van der Waals surface area (Å²) >= 11 is 0. The van der Waals surface area contributed by atoms with Gasteiger partial charge in [-0.05, 0) is 25.0 Å². The number of hydrogen-bond donors (Lipinski definition) is 2. The molecule has 0 unspecified atom stereocenters. The van der Waals surface area contributed by atoms with Crippen LogP contribution in [0.4, 0.5) is 0 Å². The lowest BCUT2D eigenvalue weighted by atomic mass is 10.5. The molecule has 16 heavy (non-hydrogen) atoms.